The fraction of sp³-hybridized carbons (Fsp3) is 0.600. The van der Waals surface area contributed by atoms with Gasteiger partial charge in [-0.1, -0.05) is 37.3 Å². The molecule has 29 heavy (non-hydrogen) atoms. The largest absolute Gasteiger partial charge is 0.494 e. The number of benzene rings is 1. The first-order chi connectivity index (χ1) is 13.4. The van der Waals surface area contributed by atoms with Crippen LogP contribution in [0.5, 0.6) is 0 Å². The van der Waals surface area contributed by atoms with E-state index in [1.807, 2.05) is 45.9 Å². The summed E-state index contributed by atoms with van der Waals surface area (Å²) in [5.74, 6) is 0.573. The topological polar surface area (TPSA) is 58.4 Å². The Morgan fingerprint density at radius 3 is 2.38 bits per heavy atom. The molecule has 0 saturated carbocycles. The quantitative estimate of drug-likeness (QED) is 0.481. The van der Waals surface area contributed by atoms with Gasteiger partial charge in [0.25, 0.3) is 0 Å². The molecule has 1 aliphatic rings. The van der Waals surface area contributed by atoms with Gasteiger partial charge in [-0.3, -0.25) is 0 Å². The maximum atomic E-state index is 6.54. The minimum absolute atomic E-state index is 0.390. The molecule has 6 nitrogen and oxygen atoms in total. The van der Waals surface area contributed by atoms with E-state index in [1.165, 1.54) is 0 Å². The fourth-order valence-electron chi connectivity index (χ4n) is 2.86. The summed E-state index contributed by atoms with van der Waals surface area (Å²) in [6, 6.07) is 6.86. The van der Waals surface area contributed by atoms with E-state index in [9.17, 15) is 0 Å². The number of halogens is 1. The van der Waals surface area contributed by atoms with Crippen LogP contribution in [0.3, 0.4) is 0 Å². The van der Waals surface area contributed by atoms with Crippen LogP contribution in [0.2, 0.25) is 30.7 Å². The van der Waals surface area contributed by atoms with Crippen molar-refractivity contribution >= 4 is 32.3 Å². The smallest absolute Gasteiger partial charge is 0.399 e. The molecule has 1 aromatic carbocycles. The number of ether oxygens (including phenoxy) is 1. The van der Waals surface area contributed by atoms with Gasteiger partial charge in [0.05, 0.1) is 16.2 Å². The maximum absolute atomic E-state index is 6.54. The van der Waals surface area contributed by atoms with Crippen LogP contribution in [0.15, 0.2) is 24.5 Å². The molecule has 0 radical (unpaired) electrons. The van der Waals surface area contributed by atoms with E-state index in [-0.39, 0.29) is 0 Å². The summed E-state index contributed by atoms with van der Waals surface area (Å²) in [5.41, 5.74) is 0.872. The van der Waals surface area contributed by atoms with Gasteiger partial charge in [0.2, 0.25) is 0 Å². The average molecular weight is 436 g/mol. The third-order valence-electron chi connectivity index (χ3n) is 5.52. The Hall–Kier alpha value is -1.19. The number of aromatic nitrogens is 3. The number of rotatable bonds is 7. The second-order valence-corrected chi connectivity index (χ2v) is 15.8. The highest BCUT2D eigenvalue weighted by Gasteiger charge is 2.51. The number of hydrogen-bond donors (Lipinski definition) is 0. The van der Waals surface area contributed by atoms with Gasteiger partial charge in [-0.25, -0.2) is 9.67 Å². The summed E-state index contributed by atoms with van der Waals surface area (Å²) in [6.07, 6.45) is 1.67. The first kappa shape index (κ1) is 22.5. The Balaban J connectivity index is 1.66. The summed E-state index contributed by atoms with van der Waals surface area (Å²) in [4.78, 5) is 4.38. The molecule has 0 atom stereocenters. The highest BCUT2D eigenvalue weighted by Crippen LogP contribution is 2.37. The van der Waals surface area contributed by atoms with Gasteiger partial charge < -0.3 is 14.0 Å². The van der Waals surface area contributed by atoms with Crippen LogP contribution in [0.4, 0.5) is 0 Å². The van der Waals surface area contributed by atoms with Gasteiger partial charge in [0.15, 0.2) is 5.82 Å². The van der Waals surface area contributed by atoms with Crippen molar-refractivity contribution in [2.24, 2.45) is 0 Å². The molecule has 1 aromatic heterocycles. The van der Waals surface area contributed by atoms with Gasteiger partial charge in [-0.2, -0.15) is 0 Å². The molecule has 0 spiro atoms. The summed E-state index contributed by atoms with van der Waals surface area (Å²) >= 11 is 6.54. The van der Waals surface area contributed by atoms with Gasteiger partial charge >= 0.3 is 7.12 Å². The maximum Gasteiger partial charge on any atom is 0.494 e. The summed E-state index contributed by atoms with van der Waals surface area (Å²) in [6.45, 7) is 16.3. The van der Waals surface area contributed by atoms with Gasteiger partial charge in [-0.05, 0) is 51.3 Å². The second-order valence-electron chi connectivity index (χ2n) is 9.78. The molecule has 1 saturated heterocycles. The Labute approximate surface area is 180 Å². The highest BCUT2D eigenvalue weighted by atomic mass is 35.5. The third-order valence-corrected chi connectivity index (χ3v) is 7.53. The van der Waals surface area contributed by atoms with Gasteiger partial charge in [0, 0.05) is 20.2 Å². The molecule has 0 unspecified atom stereocenters. The molecule has 1 fully saturated rings. The summed E-state index contributed by atoms with van der Waals surface area (Å²) in [7, 11) is -1.54. The van der Waals surface area contributed by atoms with Crippen LogP contribution in [0.1, 0.15) is 27.7 Å². The SMILES string of the molecule is CC1(C)OB(c2ccc(-c3ncn(COCC[Si](C)(C)C)n3)c(Cl)c2)OC1(C)C. The lowest BCUT2D eigenvalue weighted by Gasteiger charge is -2.32. The lowest BCUT2D eigenvalue weighted by molar-refractivity contribution is 0.00578. The third kappa shape index (κ3) is 5.30. The Morgan fingerprint density at radius 1 is 1.14 bits per heavy atom. The standard InChI is InChI=1S/C20H31BClN3O3Si/c1-19(2)20(3,4)28-21(27-19)15-8-9-16(17(22)12-15)18-23-13-25(24-18)14-26-10-11-29(5,6)7/h8-9,12-13H,10-11,14H2,1-7H3. The molecule has 3 rings (SSSR count). The molecule has 0 bridgehead atoms. The zero-order chi connectivity index (χ0) is 21.4. The van der Waals surface area contributed by atoms with Crippen molar-refractivity contribution in [3.8, 4) is 11.4 Å². The first-order valence-electron chi connectivity index (χ1n) is 10.0. The van der Waals surface area contributed by atoms with Crippen molar-refractivity contribution in [1.82, 2.24) is 14.8 Å². The van der Waals surface area contributed by atoms with E-state index in [1.54, 1.807) is 11.0 Å². The molecule has 2 aromatic rings. The Bertz CT molecular complexity index is 851. The van der Waals surface area contributed by atoms with Crippen molar-refractivity contribution in [3.05, 3.63) is 29.5 Å². The van der Waals surface area contributed by atoms with Crippen molar-refractivity contribution in [2.75, 3.05) is 6.61 Å². The zero-order valence-electron chi connectivity index (χ0n) is 18.5. The van der Waals surface area contributed by atoms with Crippen molar-refractivity contribution in [2.45, 2.75) is 71.3 Å². The number of nitrogens with zero attached hydrogens (tertiary/aromatic N) is 3. The predicted octanol–water partition coefficient (Wildman–Crippen LogP) is 4.21. The van der Waals surface area contributed by atoms with Crippen LogP contribution in [0, 0.1) is 0 Å². The second kappa shape index (κ2) is 8.15. The minimum atomic E-state index is -1.09. The van der Waals surface area contributed by atoms with Gasteiger partial charge in [0.1, 0.15) is 13.1 Å². The molecule has 9 heteroatoms. The highest BCUT2D eigenvalue weighted by molar-refractivity contribution is 6.76. The van der Waals surface area contributed by atoms with E-state index in [0.29, 0.717) is 17.6 Å². The van der Waals surface area contributed by atoms with Crippen LogP contribution < -0.4 is 5.46 Å². The van der Waals surface area contributed by atoms with E-state index >= 15 is 0 Å². The lowest BCUT2D eigenvalue weighted by Crippen LogP contribution is -2.41. The fourth-order valence-corrected chi connectivity index (χ4v) is 3.89. The van der Waals surface area contributed by atoms with Crippen LogP contribution in [-0.2, 0) is 20.8 Å². The van der Waals surface area contributed by atoms with Crippen molar-refractivity contribution < 1.29 is 14.0 Å². The monoisotopic (exact) mass is 435 g/mol. The molecule has 158 valence electrons. The van der Waals surface area contributed by atoms with E-state index in [4.69, 9.17) is 25.6 Å². The van der Waals surface area contributed by atoms with Crippen LogP contribution in [-0.4, -0.2) is 47.8 Å². The molecule has 2 heterocycles. The Morgan fingerprint density at radius 2 is 1.79 bits per heavy atom. The molecule has 1 aliphatic heterocycles. The predicted molar refractivity (Wildman–Crippen MR) is 120 cm³/mol. The lowest BCUT2D eigenvalue weighted by atomic mass is 9.79. The molecular formula is C20H31BClN3O3Si. The average Bonchev–Trinajstić information content (AvgIpc) is 3.13. The first-order valence-corrected chi connectivity index (χ1v) is 14.1. The van der Waals surface area contributed by atoms with E-state index < -0.39 is 26.4 Å². The van der Waals surface area contributed by atoms with Crippen molar-refractivity contribution in [1.29, 1.82) is 0 Å². The molecule has 0 aliphatic carbocycles. The van der Waals surface area contributed by atoms with Crippen molar-refractivity contribution in [3.63, 3.8) is 0 Å². The summed E-state index contributed by atoms with van der Waals surface area (Å²) in [5, 5.41) is 5.06. The van der Waals surface area contributed by atoms with E-state index in [0.717, 1.165) is 23.7 Å². The number of hydrogen-bond acceptors (Lipinski definition) is 5. The van der Waals surface area contributed by atoms with Crippen LogP contribution >= 0.6 is 11.6 Å². The normalized spacial score (nSPS) is 18.4. The minimum Gasteiger partial charge on any atom is -0.399 e. The summed E-state index contributed by atoms with van der Waals surface area (Å²) < 4.78 is 19.6. The molecule has 0 amide bonds. The molecular weight excluding hydrogens is 405 g/mol. The van der Waals surface area contributed by atoms with Gasteiger partial charge in [-0.15, -0.1) is 5.10 Å². The zero-order valence-corrected chi connectivity index (χ0v) is 20.2. The molecule has 0 N–H and O–H groups in total. The van der Waals surface area contributed by atoms with E-state index in [2.05, 4.69) is 29.7 Å². The van der Waals surface area contributed by atoms with Crippen LogP contribution in [0.25, 0.3) is 11.4 Å². The Kier molecular flexibility index (Phi) is 6.32.